The van der Waals surface area contributed by atoms with Crippen LogP contribution in [-0.4, -0.2) is 25.5 Å². The van der Waals surface area contributed by atoms with Crippen molar-refractivity contribution in [2.24, 2.45) is 11.3 Å². The minimum absolute atomic E-state index is 0. The van der Waals surface area contributed by atoms with Crippen LogP contribution in [0.5, 0.6) is 0 Å². The van der Waals surface area contributed by atoms with Crippen molar-refractivity contribution >= 4 is 29.9 Å². The topological polar surface area (TPSA) is 41.1 Å². The van der Waals surface area contributed by atoms with E-state index in [1.807, 2.05) is 18.2 Å². The van der Waals surface area contributed by atoms with E-state index in [0.717, 1.165) is 56.8 Å². The SMILES string of the molecule is Cl.O=C(NCC1CNC1)C1(Cc2cccc(Cl)c2)CCCC1. The van der Waals surface area contributed by atoms with Gasteiger partial charge in [0, 0.05) is 30.6 Å². The molecule has 22 heavy (non-hydrogen) atoms. The summed E-state index contributed by atoms with van der Waals surface area (Å²) in [5, 5.41) is 7.19. The lowest BCUT2D eigenvalue weighted by Crippen LogP contribution is -2.50. The van der Waals surface area contributed by atoms with Gasteiger partial charge in [0.15, 0.2) is 0 Å². The molecule has 0 aromatic heterocycles. The Hall–Kier alpha value is -0.770. The molecule has 1 aliphatic carbocycles. The summed E-state index contributed by atoms with van der Waals surface area (Å²) in [5.74, 6) is 0.852. The highest BCUT2D eigenvalue weighted by molar-refractivity contribution is 6.30. The van der Waals surface area contributed by atoms with Crippen molar-refractivity contribution in [3.63, 3.8) is 0 Å². The summed E-state index contributed by atoms with van der Waals surface area (Å²) < 4.78 is 0. The van der Waals surface area contributed by atoms with Crippen LogP contribution in [0.4, 0.5) is 0 Å². The number of benzene rings is 1. The third-order valence-corrected chi connectivity index (χ3v) is 5.13. The quantitative estimate of drug-likeness (QED) is 0.862. The van der Waals surface area contributed by atoms with Crippen LogP contribution >= 0.6 is 24.0 Å². The monoisotopic (exact) mass is 342 g/mol. The highest BCUT2D eigenvalue weighted by atomic mass is 35.5. The van der Waals surface area contributed by atoms with E-state index < -0.39 is 0 Å². The molecule has 0 bridgehead atoms. The van der Waals surface area contributed by atoms with Gasteiger partial charge in [0.1, 0.15) is 0 Å². The Morgan fingerprint density at radius 2 is 2.05 bits per heavy atom. The summed E-state index contributed by atoms with van der Waals surface area (Å²) in [6.07, 6.45) is 5.10. The zero-order valence-corrected chi connectivity index (χ0v) is 14.3. The van der Waals surface area contributed by atoms with Gasteiger partial charge in [-0.25, -0.2) is 0 Å². The molecule has 1 aromatic rings. The maximum Gasteiger partial charge on any atom is 0.226 e. The normalized spacial score (nSPS) is 20.0. The van der Waals surface area contributed by atoms with Gasteiger partial charge in [0.25, 0.3) is 0 Å². The standard InChI is InChI=1S/C17H23ClN2O.ClH/c18-15-5-3-4-13(8-15)9-17(6-1-2-7-17)16(21)20-12-14-10-19-11-14;/h3-5,8,14,19H,1-2,6-7,9-12H2,(H,20,21);1H. The number of amides is 1. The summed E-state index contributed by atoms with van der Waals surface area (Å²) in [6.45, 7) is 2.87. The highest BCUT2D eigenvalue weighted by Crippen LogP contribution is 2.41. The first kappa shape index (κ1) is 17.6. The average molecular weight is 343 g/mol. The highest BCUT2D eigenvalue weighted by Gasteiger charge is 2.41. The summed E-state index contributed by atoms with van der Waals surface area (Å²) in [7, 11) is 0. The number of carbonyl (C=O) groups is 1. The van der Waals surface area contributed by atoms with Crippen LogP contribution in [0.2, 0.25) is 5.02 Å². The average Bonchev–Trinajstić information content (AvgIpc) is 2.86. The second-order valence-corrected chi connectivity index (χ2v) is 6.96. The van der Waals surface area contributed by atoms with E-state index >= 15 is 0 Å². The van der Waals surface area contributed by atoms with Gasteiger partial charge in [-0.15, -0.1) is 12.4 Å². The molecule has 0 unspecified atom stereocenters. The first-order chi connectivity index (χ1) is 10.2. The van der Waals surface area contributed by atoms with Gasteiger partial charge in [-0.05, 0) is 37.0 Å². The largest absolute Gasteiger partial charge is 0.355 e. The van der Waals surface area contributed by atoms with Crippen LogP contribution in [0.15, 0.2) is 24.3 Å². The van der Waals surface area contributed by atoms with Crippen LogP contribution in [0, 0.1) is 11.3 Å². The molecule has 3 rings (SSSR count). The van der Waals surface area contributed by atoms with Crippen LogP contribution in [0.3, 0.4) is 0 Å². The van der Waals surface area contributed by atoms with Crippen molar-refractivity contribution in [2.75, 3.05) is 19.6 Å². The van der Waals surface area contributed by atoms with E-state index in [1.165, 1.54) is 5.56 Å². The molecule has 2 fully saturated rings. The molecule has 0 radical (unpaired) electrons. The van der Waals surface area contributed by atoms with Crippen LogP contribution in [0.1, 0.15) is 31.2 Å². The van der Waals surface area contributed by atoms with E-state index in [2.05, 4.69) is 16.7 Å². The molecule has 1 amide bonds. The molecule has 0 atom stereocenters. The van der Waals surface area contributed by atoms with Crippen molar-refractivity contribution in [1.82, 2.24) is 10.6 Å². The smallest absolute Gasteiger partial charge is 0.226 e. The Kier molecular flexibility index (Phi) is 6.13. The summed E-state index contributed by atoms with van der Waals surface area (Å²) >= 11 is 6.08. The van der Waals surface area contributed by atoms with Crippen molar-refractivity contribution in [3.05, 3.63) is 34.9 Å². The molecule has 1 saturated carbocycles. The molecule has 3 nitrogen and oxygen atoms in total. The molecule has 2 aliphatic rings. The van der Waals surface area contributed by atoms with E-state index in [9.17, 15) is 4.79 Å². The minimum Gasteiger partial charge on any atom is -0.355 e. The third-order valence-electron chi connectivity index (χ3n) is 4.89. The minimum atomic E-state index is -0.220. The van der Waals surface area contributed by atoms with Crippen LogP contribution in [-0.2, 0) is 11.2 Å². The first-order valence-electron chi connectivity index (χ1n) is 7.91. The molecule has 122 valence electrons. The first-order valence-corrected chi connectivity index (χ1v) is 8.29. The van der Waals surface area contributed by atoms with Crippen molar-refractivity contribution in [3.8, 4) is 0 Å². The second-order valence-electron chi connectivity index (χ2n) is 6.53. The predicted octanol–water partition coefficient (Wildman–Crippen LogP) is 3.20. The molecule has 2 N–H and O–H groups in total. The van der Waals surface area contributed by atoms with E-state index in [-0.39, 0.29) is 23.7 Å². The Morgan fingerprint density at radius 3 is 2.64 bits per heavy atom. The zero-order valence-electron chi connectivity index (χ0n) is 12.7. The van der Waals surface area contributed by atoms with Gasteiger partial charge in [-0.2, -0.15) is 0 Å². The number of nitrogens with one attached hydrogen (secondary N) is 2. The summed E-state index contributed by atoms with van der Waals surface area (Å²) in [6, 6.07) is 7.92. The fourth-order valence-electron chi connectivity index (χ4n) is 3.49. The fourth-order valence-corrected chi connectivity index (χ4v) is 3.70. The second kappa shape index (κ2) is 7.67. The molecular weight excluding hydrogens is 319 g/mol. The van der Waals surface area contributed by atoms with Gasteiger partial charge in [-0.1, -0.05) is 36.6 Å². The molecule has 0 spiro atoms. The number of rotatable bonds is 5. The molecule has 5 heteroatoms. The summed E-state index contributed by atoms with van der Waals surface area (Å²) in [5.41, 5.74) is 0.951. The lowest BCUT2D eigenvalue weighted by Gasteiger charge is -2.31. The molecule has 1 saturated heterocycles. The van der Waals surface area contributed by atoms with E-state index in [4.69, 9.17) is 11.6 Å². The number of carbonyl (C=O) groups excluding carboxylic acids is 1. The van der Waals surface area contributed by atoms with E-state index in [1.54, 1.807) is 0 Å². The lowest BCUT2D eigenvalue weighted by atomic mass is 9.79. The van der Waals surface area contributed by atoms with E-state index in [0.29, 0.717) is 5.92 Å². The summed E-state index contributed by atoms with van der Waals surface area (Å²) in [4.78, 5) is 12.7. The number of hydrogen-bond donors (Lipinski definition) is 2. The van der Waals surface area contributed by atoms with Gasteiger partial charge in [0.2, 0.25) is 5.91 Å². The zero-order chi connectivity index (χ0) is 14.7. The molecule has 1 aromatic carbocycles. The maximum atomic E-state index is 12.7. The van der Waals surface area contributed by atoms with Gasteiger partial charge in [0.05, 0.1) is 5.41 Å². The van der Waals surface area contributed by atoms with Gasteiger partial charge < -0.3 is 10.6 Å². The van der Waals surface area contributed by atoms with Crippen molar-refractivity contribution < 1.29 is 4.79 Å². The Balaban J connectivity index is 0.00000176. The lowest BCUT2D eigenvalue weighted by molar-refractivity contribution is -0.131. The van der Waals surface area contributed by atoms with Crippen molar-refractivity contribution in [2.45, 2.75) is 32.1 Å². The Morgan fingerprint density at radius 1 is 1.32 bits per heavy atom. The predicted molar refractivity (Wildman–Crippen MR) is 92.7 cm³/mol. The van der Waals surface area contributed by atoms with Crippen LogP contribution < -0.4 is 10.6 Å². The Bertz CT molecular complexity index is 511. The fraction of sp³-hybridized carbons (Fsp3) is 0.588. The van der Waals surface area contributed by atoms with Gasteiger partial charge in [-0.3, -0.25) is 4.79 Å². The number of hydrogen-bond acceptors (Lipinski definition) is 2. The maximum absolute atomic E-state index is 12.7. The third kappa shape index (κ3) is 3.95. The molecule has 1 aliphatic heterocycles. The molecular formula is C17H24Cl2N2O. The Labute approximate surface area is 143 Å². The van der Waals surface area contributed by atoms with Crippen LogP contribution in [0.25, 0.3) is 0 Å². The molecule has 1 heterocycles. The van der Waals surface area contributed by atoms with Crippen molar-refractivity contribution in [1.29, 1.82) is 0 Å². The van der Waals surface area contributed by atoms with Gasteiger partial charge >= 0.3 is 0 Å². The number of halogens is 2.